The third-order valence-electron chi connectivity index (χ3n) is 3.91. The zero-order valence-corrected chi connectivity index (χ0v) is 12.8. The van der Waals surface area contributed by atoms with E-state index in [0.29, 0.717) is 28.6 Å². The molecule has 1 amide bonds. The van der Waals surface area contributed by atoms with Gasteiger partial charge in [0.15, 0.2) is 0 Å². The zero-order chi connectivity index (χ0) is 15.1. The second-order valence-electron chi connectivity index (χ2n) is 5.61. The number of carbonyl (C=O) groups is 2. The smallest absolute Gasteiger partial charge is 0.327 e. The zero-order valence-electron chi connectivity index (χ0n) is 11.9. The molecule has 2 atom stereocenters. The van der Waals surface area contributed by atoms with Gasteiger partial charge in [0, 0.05) is 5.75 Å². The molecule has 2 heterocycles. The second-order valence-corrected chi connectivity index (χ2v) is 6.76. The van der Waals surface area contributed by atoms with Crippen LogP contribution in [0.1, 0.15) is 34.6 Å². The molecule has 7 heteroatoms. The number of hydrogen-bond acceptors (Lipinski definition) is 5. The Kier molecular flexibility index (Phi) is 3.61. The van der Waals surface area contributed by atoms with Crippen LogP contribution in [0.25, 0.3) is 0 Å². The molecule has 2 aliphatic rings. The van der Waals surface area contributed by atoms with Gasteiger partial charge in [0.1, 0.15) is 6.04 Å². The van der Waals surface area contributed by atoms with Crippen molar-refractivity contribution in [1.29, 1.82) is 0 Å². The summed E-state index contributed by atoms with van der Waals surface area (Å²) >= 11 is 1.58. The number of carboxylic acids is 1. The van der Waals surface area contributed by atoms with E-state index in [4.69, 9.17) is 0 Å². The summed E-state index contributed by atoms with van der Waals surface area (Å²) in [4.78, 5) is 25.9. The largest absolute Gasteiger partial charge is 0.480 e. The Morgan fingerprint density at radius 3 is 2.67 bits per heavy atom. The molecule has 0 bridgehead atoms. The molecule has 1 aromatic rings. The van der Waals surface area contributed by atoms with Crippen LogP contribution >= 0.6 is 11.8 Å². The Morgan fingerprint density at radius 2 is 2.05 bits per heavy atom. The Morgan fingerprint density at radius 1 is 1.33 bits per heavy atom. The maximum atomic E-state index is 12.9. The van der Waals surface area contributed by atoms with E-state index in [1.165, 1.54) is 0 Å². The standard InChI is InChI=1S/C14H17N3O3S/c1-7-5-10(8(2)16-15-7)12(18)17-11(14(19)20)6-21-13(17)9-3-4-9/h5,9,11,13H,3-4,6H2,1-2H3,(H,19,20). The van der Waals surface area contributed by atoms with Crippen LogP contribution in [0.15, 0.2) is 6.07 Å². The number of hydrogen-bond donors (Lipinski definition) is 1. The lowest BCUT2D eigenvalue weighted by molar-refractivity contribution is -0.141. The van der Waals surface area contributed by atoms with Gasteiger partial charge in [-0.05, 0) is 38.7 Å². The average Bonchev–Trinajstić information content (AvgIpc) is 3.19. The summed E-state index contributed by atoms with van der Waals surface area (Å²) in [6.07, 6.45) is 2.14. The van der Waals surface area contributed by atoms with Crippen molar-refractivity contribution >= 4 is 23.6 Å². The quantitative estimate of drug-likeness (QED) is 0.910. The van der Waals surface area contributed by atoms with Gasteiger partial charge in [0.25, 0.3) is 5.91 Å². The molecule has 21 heavy (non-hydrogen) atoms. The average molecular weight is 307 g/mol. The number of amides is 1. The van der Waals surface area contributed by atoms with E-state index in [1.54, 1.807) is 36.6 Å². The van der Waals surface area contributed by atoms with Crippen LogP contribution in [0.3, 0.4) is 0 Å². The number of rotatable bonds is 3. The van der Waals surface area contributed by atoms with Crippen molar-refractivity contribution in [2.45, 2.75) is 38.1 Å². The fraction of sp³-hybridized carbons (Fsp3) is 0.571. The maximum Gasteiger partial charge on any atom is 0.327 e. The second kappa shape index (κ2) is 5.29. The minimum Gasteiger partial charge on any atom is -0.480 e. The van der Waals surface area contributed by atoms with Crippen molar-refractivity contribution in [3.63, 3.8) is 0 Å². The molecule has 112 valence electrons. The van der Waals surface area contributed by atoms with Crippen LogP contribution in [-0.2, 0) is 4.79 Å². The summed E-state index contributed by atoms with van der Waals surface area (Å²) in [7, 11) is 0. The normalized spacial score (nSPS) is 25.1. The highest BCUT2D eigenvalue weighted by molar-refractivity contribution is 8.00. The first-order chi connectivity index (χ1) is 9.99. The van der Waals surface area contributed by atoms with Gasteiger partial charge in [0.2, 0.25) is 0 Å². The van der Waals surface area contributed by atoms with Crippen LogP contribution in [0.5, 0.6) is 0 Å². The summed E-state index contributed by atoms with van der Waals surface area (Å²) < 4.78 is 0. The number of aryl methyl sites for hydroxylation is 2. The van der Waals surface area contributed by atoms with Crippen molar-refractivity contribution in [1.82, 2.24) is 15.1 Å². The predicted molar refractivity (Wildman–Crippen MR) is 78.1 cm³/mol. The number of aliphatic carboxylic acids is 1. The van der Waals surface area contributed by atoms with Gasteiger partial charge in [-0.25, -0.2) is 4.79 Å². The number of nitrogens with zero attached hydrogens (tertiary/aromatic N) is 3. The van der Waals surface area contributed by atoms with E-state index in [0.717, 1.165) is 12.8 Å². The van der Waals surface area contributed by atoms with E-state index in [9.17, 15) is 14.7 Å². The third-order valence-corrected chi connectivity index (χ3v) is 5.37. The van der Waals surface area contributed by atoms with Gasteiger partial charge in [-0.15, -0.1) is 11.8 Å². The van der Waals surface area contributed by atoms with Gasteiger partial charge in [0.05, 0.1) is 22.3 Å². The Balaban J connectivity index is 1.95. The Labute approximate surface area is 126 Å². The van der Waals surface area contributed by atoms with Gasteiger partial charge >= 0.3 is 5.97 Å². The van der Waals surface area contributed by atoms with E-state index in [-0.39, 0.29) is 11.3 Å². The van der Waals surface area contributed by atoms with Gasteiger partial charge in [-0.3, -0.25) is 4.79 Å². The fourth-order valence-electron chi connectivity index (χ4n) is 2.63. The maximum absolute atomic E-state index is 12.9. The van der Waals surface area contributed by atoms with E-state index in [2.05, 4.69) is 10.2 Å². The van der Waals surface area contributed by atoms with E-state index in [1.807, 2.05) is 0 Å². The van der Waals surface area contributed by atoms with Gasteiger partial charge < -0.3 is 10.0 Å². The first-order valence-electron chi connectivity index (χ1n) is 6.97. The molecule has 0 radical (unpaired) electrons. The highest BCUT2D eigenvalue weighted by Crippen LogP contribution is 2.46. The molecule has 2 fully saturated rings. The lowest BCUT2D eigenvalue weighted by Crippen LogP contribution is -2.46. The number of thioether (sulfide) groups is 1. The summed E-state index contributed by atoms with van der Waals surface area (Å²) in [6, 6.07) is 0.942. The predicted octanol–water partition coefficient (Wildman–Crippen LogP) is 1.47. The van der Waals surface area contributed by atoms with Crippen LogP contribution < -0.4 is 0 Å². The molecule has 1 aliphatic heterocycles. The van der Waals surface area contributed by atoms with Crippen molar-refractivity contribution in [2.24, 2.45) is 5.92 Å². The molecule has 1 saturated carbocycles. The summed E-state index contributed by atoms with van der Waals surface area (Å²) in [5.74, 6) is -0.284. The molecule has 1 N–H and O–H groups in total. The van der Waals surface area contributed by atoms with Crippen LogP contribution in [0.4, 0.5) is 0 Å². The lowest BCUT2D eigenvalue weighted by Gasteiger charge is -2.27. The lowest BCUT2D eigenvalue weighted by atomic mass is 10.1. The van der Waals surface area contributed by atoms with Gasteiger partial charge in [-0.1, -0.05) is 0 Å². The van der Waals surface area contributed by atoms with Crippen molar-refractivity contribution in [3.05, 3.63) is 23.0 Å². The topological polar surface area (TPSA) is 83.4 Å². The van der Waals surface area contributed by atoms with E-state index >= 15 is 0 Å². The molecule has 1 aromatic heterocycles. The number of carboxylic acid groups (broad SMARTS) is 1. The molecule has 6 nitrogen and oxygen atoms in total. The minimum absolute atomic E-state index is 0.0218. The molecular formula is C14H17N3O3S. The fourth-order valence-corrected chi connectivity index (χ4v) is 4.26. The number of aromatic nitrogens is 2. The van der Waals surface area contributed by atoms with Crippen molar-refractivity contribution in [2.75, 3.05) is 5.75 Å². The van der Waals surface area contributed by atoms with Crippen molar-refractivity contribution in [3.8, 4) is 0 Å². The first-order valence-corrected chi connectivity index (χ1v) is 8.02. The Bertz CT molecular complexity index is 603. The molecule has 1 aliphatic carbocycles. The molecule has 1 saturated heterocycles. The summed E-state index contributed by atoms with van der Waals surface area (Å²) in [6.45, 7) is 3.50. The molecule has 3 rings (SSSR count). The summed E-state index contributed by atoms with van der Waals surface area (Å²) in [5.41, 5.74) is 1.66. The molecular weight excluding hydrogens is 290 g/mol. The van der Waals surface area contributed by atoms with E-state index < -0.39 is 12.0 Å². The minimum atomic E-state index is -0.935. The molecule has 2 unspecified atom stereocenters. The Hall–Kier alpha value is -1.63. The SMILES string of the molecule is Cc1cc(C(=O)N2C(C(=O)O)CSC2C2CC2)c(C)nn1. The first kappa shape index (κ1) is 14.3. The molecule has 0 spiro atoms. The highest BCUT2D eigenvalue weighted by Gasteiger charge is 2.48. The monoisotopic (exact) mass is 307 g/mol. The van der Waals surface area contributed by atoms with Crippen LogP contribution in [0.2, 0.25) is 0 Å². The van der Waals surface area contributed by atoms with Gasteiger partial charge in [-0.2, -0.15) is 10.2 Å². The van der Waals surface area contributed by atoms with Crippen LogP contribution in [-0.4, -0.2) is 49.2 Å². The third kappa shape index (κ3) is 2.62. The van der Waals surface area contributed by atoms with Crippen molar-refractivity contribution < 1.29 is 14.7 Å². The van der Waals surface area contributed by atoms with Crippen LogP contribution in [0, 0.1) is 19.8 Å². The highest BCUT2D eigenvalue weighted by atomic mass is 32.2. The number of carbonyl (C=O) groups excluding carboxylic acids is 1. The summed E-state index contributed by atoms with van der Waals surface area (Å²) in [5, 5.41) is 17.3. The molecule has 0 aromatic carbocycles.